The van der Waals surface area contributed by atoms with Crippen LogP contribution >= 0.6 is 0 Å². The zero-order valence-corrected chi connectivity index (χ0v) is 15.7. The molecular formula is C21H27N3O2. The van der Waals surface area contributed by atoms with Crippen molar-refractivity contribution in [1.29, 1.82) is 0 Å². The van der Waals surface area contributed by atoms with E-state index in [1.54, 1.807) is 25.1 Å². The number of primary amides is 1. The van der Waals surface area contributed by atoms with Crippen molar-refractivity contribution in [3.63, 3.8) is 0 Å². The maximum Gasteiger partial charge on any atom is 0.255 e. The van der Waals surface area contributed by atoms with Gasteiger partial charge in [-0.15, -0.1) is 0 Å². The lowest BCUT2D eigenvalue weighted by Gasteiger charge is -2.23. The van der Waals surface area contributed by atoms with Crippen LogP contribution in [0.5, 0.6) is 0 Å². The van der Waals surface area contributed by atoms with Crippen molar-refractivity contribution in [2.75, 3.05) is 23.3 Å². The molecule has 0 fully saturated rings. The number of anilines is 2. The van der Waals surface area contributed by atoms with Gasteiger partial charge in [0.05, 0.1) is 0 Å². The van der Waals surface area contributed by atoms with Gasteiger partial charge < -0.3 is 16.0 Å². The number of hydrogen-bond acceptors (Lipinski definition) is 3. The van der Waals surface area contributed by atoms with Crippen LogP contribution in [0.1, 0.15) is 53.0 Å². The first-order chi connectivity index (χ1) is 12.5. The fourth-order valence-electron chi connectivity index (χ4n) is 2.86. The maximum absolute atomic E-state index is 12.5. The van der Waals surface area contributed by atoms with Gasteiger partial charge >= 0.3 is 0 Å². The Morgan fingerprint density at radius 3 is 2.31 bits per heavy atom. The topological polar surface area (TPSA) is 75.4 Å². The molecule has 26 heavy (non-hydrogen) atoms. The fraction of sp³-hybridized carbons (Fsp3) is 0.333. The highest BCUT2D eigenvalue weighted by atomic mass is 16.2. The molecule has 0 aromatic heterocycles. The van der Waals surface area contributed by atoms with Crippen molar-refractivity contribution in [2.45, 2.75) is 33.6 Å². The molecule has 2 aromatic rings. The Morgan fingerprint density at radius 2 is 1.77 bits per heavy atom. The first-order valence-electron chi connectivity index (χ1n) is 9.03. The molecule has 0 bridgehead atoms. The monoisotopic (exact) mass is 353 g/mol. The number of rotatable bonds is 8. The molecule has 3 N–H and O–H groups in total. The molecule has 0 spiro atoms. The van der Waals surface area contributed by atoms with Gasteiger partial charge in [-0.25, -0.2) is 0 Å². The summed E-state index contributed by atoms with van der Waals surface area (Å²) in [5.74, 6) is -0.654. The molecule has 0 heterocycles. The van der Waals surface area contributed by atoms with Crippen LogP contribution in [0.4, 0.5) is 11.4 Å². The quantitative estimate of drug-likeness (QED) is 0.754. The Hall–Kier alpha value is -2.82. The third kappa shape index (κ3) is 4.85. The molecule has 5 nitrogen and oxygen atoms in total. The van der Waals surface area contributed by atoms with Crippen molar-refractivity contribution in [1.82, 2.24) is 0 Å². The van der Waals surface area contributed by atoms with E-state index in [1.165, 1.54) is 0 Å². The molecule has 0 unspecified atom stereocenters. The molecule has 0 radical (unpaired) electrons. The van der Waals surface area contributed by atoms with E-state index in [0.717, 1.165) is 37.2 Å². The molecule has 138 valence electrons. The average Bonchev–Trinajstić information content (AvgIpc) is 2.62. The van der Waals surface area contributed by atoms with Crippen LogP contribution in [-0.4, -0.2) is 24.9 Å². The number of amides is 2. The van der Waals surface area contributed by atoms with E-state index in [9.17, 15) is 9.59 Å². The summed E-state index contributed by atoms with van der Waals surface area (Å²) in [6.07, 6.45) is 2.31. The second kappa shape index (κ2) is 9.04. The van der Waals surface area contributed by atoms with Gasteiger partial charge in [0.15, 0.2) is 0 Å². The van der Waals surface area contributed by atoms with Gasteiger partial charge in [0.25, 0.3) is 5.91 Å². The molecule has 0 aliphatic heterocycles. The van der Waals surface area contributed by atoms with E-state index < -0.39 is 5.91 Å². The average molecular weight is 353 g/mol. The highest BCUT2D eigenvalue weighted by Gasteiger charge is 2.10. The summed E-state index contributed by atoms with van der Waals surface area (Å²) in [6, 6.07) is 12.7. The summed E-state index contributed by atoms with van der Waals surface area (Å²) in [5.41, 5.74) is 8.86. The number of benzene rings is 2. The first-order valence-corrected chi connectivity index (χ1v) is 9.03. The Kier molecular flexibility index (Phi) is 6.78. The van der Waals surface area contributed by atoms with Crippen LogP contribution in [0.15, 0.2) is 42.5 Å². The summed E-state index contributed by atoms with van der Waals surface area (Å²) in [7, 11) is 0. The lowest BCUT2D eigenvalue weighted by atomic mass is 10.1. The molecule has 2 rings (SSSR count). The van der Waals surface area contributed by atoms with Gasteiger partial charge in [-0.05, 0) is 68.3 Å². The van der Waals surface area contributed by atoms with Crippen molar-refractivity contribution in [3.8, 4) is 0 Å². The number of nitrogens with zero attached hydrogens (tertiary/aromatic N) is 1. The van der Waals surface area contributed by atoms with Crippen LogP contribution in [0.2, 0.25) is 0 Å². The Morgan fingerprint density at radius 1 is 1.08 bits per heavy atom. The smallest absolute Gasteiger partial charge is 0.255 e. The number of aryl methyl sites for hydroxylation is 1. The van der Waals surface area contributed by atoms with Gasteiger partial charge in [0, 0.05) is 35.6 Å². The second-order valence-electron chi connectivity index (χ2n) is 6.33. The van der Waals surface area contributed by atoms with Crippen LogP contribution in [-0.2, 0) is 0 Å². The van der Waals surface area contributed by atoms with E-state index in [-0.39, 0.29) is 5.91 Å². The van der Waals surface area contributed by atoms with Crippen LogP contribution < -0.4 is 16.0 Å². The number of nitrogens with one attached hydrogen (secondary N) is 1. The van der Waals surface area contributed by atoms with Gasteiger partial charge in [-0.1, -0.05) is 13.3 Å². The van der Waals surface area contributed by atoms with Gasteiger partial charge in [-0.2, -0.15) is 0 Å². The fourth-order valence-corrected chi connectivity index (χ4v) is 2.86. The maximum atomic E-state index is 12.5. The summed E-state index contributed by atoms with van der Waals surface area (Å²) in [4.78, 5) is 26.0. The Labute approximate surface area is 155 Å². The van der Waals surface area contributed by atoms with E-state index in [4.69, 9.17) is 5.73 Å². The van der Waals surface area contributed by atoms with E-state index in [0.29, 0.717) is 16.8 Å². The molecule has 2 aromatic carbocycles. The molecular weight excluding hydrogens is 326 g/mol. The highest BCUT2D eigenvalue weighted by Crippen LogP contribution is 2.18. The molecule has 0 saturated heterocycles. The number of carbonyl (C=O) groups excluding carboxylic acids is 2. The minimum atomic E-state index is -0.473. The molecule has 0 atom stereocenters. The molecule has 5 heteroatoms. The first kappa shape index (κ1) is 19.5. The lowest BCUT2D eigenvalue weighted by Crippen LogP contribution is -2.23. The van der Waals surface area contributed by atoms with Crippen molar-refractivity contribution < 1.29 is 9.59 Å². The number of nitrogens with two attached hydrogens (primary N) is 1. The normalized spacial score (nSPS) is 10.4. The Balaban J connectivity index is 2.08. The van der Waals surface area contributed by atoms with Gasteiger partial charge in [0.1, 0.15) is 0 Å². The third-order valence-corrected chi connectivity index (χ3v) is 4.41. The summed E-state index contributed by atoms with van der Waals surface area (Å²) in [5, 5.41) is 2.86. The largest absolute Gasteiger partial charge is 0.372 e. The van der Waals surface area contributed by atoms with Crippen molar-refractivity contribution in [2.24, 2.45) is 5.73 Å². The predicted molar refractivity (Wildman–Crippen MR) is 107 cm³/mol. The van der Waals surface area contributed by atoms with Crippen molar-refractivity contribution in [3.05, 3.63) is 59.2 Å². The minimum absolute atomic E-state index is 0.181. The summed E-state index contributed by atoms with van der Waals surface area (Å²) in [6.45, 7) is 8.06. The Bertz CT molecular complexity index is 769. The second-order valence-corrected chi connectivity index (χ2v) is 6.33. The molecule has 0 aliphatic carbocycles. The number of hydrogen-bond donors (Lipinski definition) is 2. The standard InChI is InChI=1S/C21H27N3O2/c1-4-6-13-24(5-2)18-10-7-16(8-11-18)21(26)23-17-9-12-19(20(22)25)15(3)14-17/h7-12,14H,4-6,13H2,1-3H3,(H2,22,25)(H,23,26). The zero-order valence-electron chi connectivity index (χ0n) is 15.7. The minimum Gasteiger partial charge on any atom is -0.372 e. The van der Waals surface area contributed by atoms with Crippen LogP contribution in [0.25, 0.3) is 0 Å². The molecule has 2 amide bonds. The zero-order chi connectivity index (χ0) is 19.1. The SMILES string of the molecule is CCCCN(CC)c1ccc(C(=O)Nc2ccc(C(N)=O)c(C)c2)cc1. The molecule has 0 saturated carbocycles. The van der Waals surface area contributed by atoms with E-state index in [1.807, 2.05) is 24.3 Å². The lowest BCUT2D eigenvalue weighted by molar-refractivity contribution is 0.0997. The molecule has 0 aliphatic rings. The highest BCUT2D eigenvalue weighted by molar-refractivity contribution is 6.05. The van der Waals surface area contributed by atoms with Gasteiger partial charge in [-0.3, -0.25) is 9.59 Å². The van der Waals surface area contributed by atoms with E-state index >= 15 is 0 Å². The third-order valence-electron chi connectivity index (χ3n) is 4.41. The van der Waals surface area contributed by atoms with Crippen LogP contribution in [0, 0.1) is 6.92 Å². The number of carbonyl (C=O) groups is 2. The predicted octanol–water partition coefficient (Wildman–Crippen LogP) is 3.97. The van der Waals surface area contributed by atoms with Crippen molar-refractivity contribution >= 4 is 23.2 Å². The summed E-state index contributed by atoms with van der Waals surface area (Å²) >= 11 is 0. The van der Waals surface area contributed by atoms with E-state index in [2.05, 4.69) is 24.1 Å². The number of unbranched alkanes of at least 4 members (excludes halogenated alkanes) is 1. The van der Waals surface area contributed by atoms with Gasteiger partial charge in [0.2, 0.25) is 5.91 Å². The van der Waals surface area contributed by atoms with Crippen LogP contribution in [0.3, 0.4) is 0 Å². The summed E-state index contributed by atoms with van der Waals surface area (Å²) < 4.78 is 0.